The smallest absolute Gasteiger partial charge is 0.241 e. The summed E-state index contributed by atoms with van der Waals surface area (Å²) >= 11 is 6.15. The summed E-state index contributed by atoms with van der Waals surface area (Å²) in [5.74, 6) is -0.745. The number of halogens is 1. The molecule has 12 heteroatoms. The van der Waals surface area contributed by atoms with Crippen molar-refractivity contribution in [3.05, 3.63) is 70.2 Å². The molecule has 0 aliphatic carbocycles. The van der Waals surface area contributed by atoms with Crippen LogP contribution >= 0.6 is 11.6 Å². The summed E-state index contributed by atoms with van der Waals surface area (Å²) in [5, 5.41) is 14.7. The number of nitrogens with two attached hydrogens (primary N) is 1. The van der Waals surface area contributed by atoms with Crippen LogP contribution in [0.15, 0.2) is 48.5 Å². The van der Waals surface area contributed by atoms with Crippen molar-refractivity contribution >= 4 is 33.4 Å². The van der Waals surface area contributed by atoms with Crippen molar-refractivity contribution in [2.45, 2.75) is 69.8 Å². The number of benzene rings is 2. The minimum atomic E-state index is -3.95. The normalized spacial score (nSPS) is 20.8. The molecule has 0 radical (unpaired) electrons. The van der Waals surface area contributed by atoms with Gasteiger partial charge in [-0.05, 0) is 54.0 Å². The molecule has 2 aromatic rings. The van der Waals surface area contributed by atoms with E-state index in [1.807, 2.05) is 6.07 Å². The molecule has 4 atom stereocenters. The predicted octanol–water partition coefficient (Wildman–Crippen LogP) is 1.94. The van der Waals surface area contributed by atoms with Crippen molar-refractivity contribution in [1.29, 1.82) is 0 Å². The van der Waals surface area contributed by atoms with Gasteiger partial charge in [0.15, 0.2) is 0 Å². The van der Waals surface area contributed by atoms with E-state index < -0.39 is 34.2 Å². The maximum atomic E-state index is 13.9. The summed E-state index contributed by atoms with van der Waals surface area (Å²) in [4.78, 5) is 30.2. The Labute approximate surface area is 247 Å². The molecular formula is C29H40ClN5O5S. The Hall–Kier alpha value is -2.54. The van der Waals surface area contributed by atoms with Crippen molar-refractivity contribution in [3.8, 4) is 0 Å². The van der Waals surface area contributed by atoms with Gasteiger partial charge in [-0.1, -0.05) is 54.9 Å². The molecule has 0 saturated carbocycles. The molecule has 2 aromatic carbocycles. The molecule has 10 nitrogen and oxygen atoms in total. The molecule has 41 heavy (non-hydrogen) atoms. The third-order valence-electron chi connectivity index (χ3n) is 7.81. The third kappa shape index (κ3) is 8.50. The van der Waals surface area contributed by atoms with Gasteiger partial charge in [-0.2, -0.15) is 0 Å². The van der Waals surface area contributed by atoms with E-state index in [1.165, 1.54) is 4.90 Å². The Bertz CT molecular complexity index is 1310. The summed E-state index contributed by atoms with van der Waals surface area (Å²) in [5.41, 5.74) is 8.14. The first-order chi connectivity index (χ1) is 19.6. The number of aliphatic hydroxyl groups is 1. The zero-order valence-corrected chi connectivity index (χ0v) is 24.9. The number of hydrogen-bond donors (Lipinski definition) is 4. The van der Waals surface area contributed by atoms with Crippen molar-refractivity contribution in [3.63, 3.8) is 0 Å². The molecule has 2 heterocycles. The Kier molecular flexibility index (Phi) is 10.8. The maximum absolute atomic E-state index is 13.9. The maximum Gasteiger partial charge on any atom is 0.241 e. The van der Waals surface area contributed by atoms with E-state index in [-0.39, 0.29) is 24.6 Å². The molecule has 2 amide bonds. The first-order valence-electron chi connectivity index (χ1n) is 14.1. The molecule has 5 N–H and O–H groups in total. The van der Waals surface area contributed by atoms with Crippen LogP contribution in [-0.4, -0.2) is 73.1 Å². The quantitative estimate of drug-likeness (QED) is 0.271. The number of sulfonamides is 1. The topological polar surface area (TPSA) is 145 Å². The molecule has 224 valence electrons. The number of nitrogens with zero attached hydrogens (tertiary/aromatic N) is 2. The van der Waals surface area contributed by atoms with Gasteiger partial charge < -0.3 is 20.6 Å². The third-order valence-corrected chi connectivity index (χ3v) is 9.40. The number of hydrogen-bond acceptors (Lipinski definition) is 7. The van der Waals surface area contributed by atoms with E-state index in [2.05, 4.69) is 17.0 Å². The van der Waals surface area contributed by atoms with Crippen molar-refractivity contribution in [2.75, 3.05) is 19.6 Å². The average Bonchev–Trinajstić information content (AvgIpc) is 3.61. The number of carbonyl (C=O) groups excluding carboxylic acids is 2. The van der Waals surface area contributed by atoms with Crippen LogP contribution in [0.3, 0.4) is 0 Å². The minimum Gasteiger partial charge on any atom is -0.376 e. The van der Waals surface area contributed by atoms with E-state index in [0.29, 0.717) is 55.5 Å². The van der Waals surface area contributed by atoms with Gasteiger partial charge in [0.2, 0.25) is 21.8 Å². The number of carbonyl (C=O) groups is 2. The Morgan fingerprint density at radius 2 is 1.88 bits per heavy atom. The largest absolute Gasteiger partial charge is 0.376 e. The second-order valence-electron chi connectivity index (χ2n) is 11.0. The van der Waals surface area contributed by atoms with Gasteiger partial charge in [-0.15, -0.1) is 0 Å². The Balaban J connectivity index is 1.49. The van der Waals surface area contributed by atoms with Crippen LogP contribution in [0.1, 0.15) is 49.3 Å². The molecule has 2 aliphatic heterocycles. The monoisotopic (exact) mass is 605 g/mol. The summed E-state index contributed by atoms with van der Waals surface area (Å²) in [6, 6.07) is 12.2. The molecular weight excluding hydrogens is 566 g/mol. The Morgan fingerprint density at radius 3 is 2.56 bits per heavy atom. The standard InChI is InChI=1S/C29H40ClN5O5S/c1-20-11-13-34(18-20)27(36)15-25(33-41(39,40)19-21-6-3-2-4-7-21)29(38)35-12-5-8-26(35)28(37)32-17-23-14-24(30)10-9-22(23)16-31/h2-4,6-7,9-10,14,20,25-26,28,32-33,37H,5,8,11-13,15-19,31H2,1H3/t20-,25-,26+,28?/m1/s1. The number of likely N-dealkylation sites (tertiary alicyclic amines) is 2. The number of rotatable bonds is 12. The minimum absolute atomic E-state index is 0.264. The van der Waals surface area contributed by atoms with Gasteiger partial charge in [-0.25, -0.2) is 13.1 Å². The molecule has 1 unspecified atom stereocenters. The summed E-state index contributed by atoms with van der Waals surface area (Å²) < 4.78 is 28.8. The van der Waals surface area contributed by atoms with Crippen LogP contribution in [0.25, 0.3) is 0 Å². The van der Waals surface area contributed by atoms with Gasteiger partial charge >= 0.3 is 0 Å². The molecule has 0 bridgehead atoms. The van der Waals surface area contributed by atoms with E-state index in [9.17, 15) is 23.1 Å². The van der Waals surface area contributed by atoms with Crippen LogP contribution < -0.4 is 15.8 Å². The van der Waals surface area contributed by atoms with E-state index in [4.69, 9.17) is 17.3 Å². The second kappa shape index (κ2) is 14.1. The van der Waals surface area contributed by atoms with E-state index in [1.54, 1.807) is 47.4 Å². The lowest BCUT2D eigenvalue weighted by atomic mass is 10.1. The van der Waals surface area contributed by atoms with Gasteiger partial charge in [-0.3, -0.25) is 14.9 Å². The van der Waals surface area contributed by atoms with Crippen LogP contribution in [0.5, 0.6) is 0 Å². The lowest BCUT2D eigenvalue weighted by molar-refractivity contribution is -0.140. The van der Waals surface area contributed by atoms with Crippen LogP contribution in [0.4, 0.5) is 0 Å². The summed E-state index contributed by atoms with van der Waals surface area (Å²) in [7, 11) is -3.95. The zero-order valence-electron chi connectivity index (χ0n) is 23.3. The van der Waals surface area contributed by atoms with Crippen molar-refractivity contribution in [1.82, 2.24) is 19.8 Å². The molecule has 0 aromatic heterocycles. The number of amides is 2. The van der Waals surface area contributed by atoms with Gasteiger partial charge in [0, 0.05) is 37.7 Å². The molecule has 2 aliphatic rings. The van der Waals surface area contributed by atoms with Gasteiger partial charge in [0.25, 0.3) is 0 Å². The average molecular weight is 606 g/mol. The van der Waals surface area contributed by atoms with Crippen molar-refractivity contribution < 1.29 is 23.1 Å². The molecule has 0 spiro atoms. The fourth-order valence-corrected chi connectivity index (χ4v) is 7.13. The highest BCUT2D eigenvalue weighted by Gasteiger charge is 2.40. The highest BCUT2D eigenvalue weighted by molar-refractivity contribution is 7.88. The fourth-order valence-electron chi connectivity index (χ4n) is 5.60. The second-order valence-corrected chi connectivity index (χ2v) is 13.2. The zero-order chi connectivity index (χ0) is 29.6. The van der Waals surface area contributed by atoms with E-state index >= 15 is 0 Å². The van der Waals surface area contributed by atoms with Gasteiger partial charge in [0.1, 0.15) is 12.3 Å². The number of nitrogens with one attached hydrogen (secondary N) is 2. The lowest BCUT2D eigenvalue weighted by Crippen LogP contribution is -2.56. The predicted molar refractivity (Wildman–Crippen MR) is 158 cm³/mol. The summed E-state index contributed by atoms with van der Waals surface area (Å²) in [6.07, 6.45) is 0.674. The van der Waals surface area contributed by atoms with E-state index in [0.717, 1.165) is 17.5 Å². The van der Waals surface area contributed by atoms with Crippen LogP contribution in [-0.2, 0) is 38.5 Å². The molecule has 4 rings (SSSR count). The summed E-state index contributed by atoms with van der Waals surface area (Å²) in [6.45, 7) is 4.17. The SMILES string of the molecule is C[C@@H]1CCN(C(=O)C[C@@H](NS(=O)(=O)Cc2ccccc2)C(=O)N2CCC[C@H]2C(O)NCc2cc(Cl)ccc2CN)C1. The highest BCUT2D eigenvalue weighted by atomic mass is 35.5. The lowest BCUT2D eigenvalue weighted by Gasteiger charge is -2.32. The number of aliphatic hydroxyl groups excluding tert-OH is 1. The van der Waals surface area contributed by atoms with Crippen LogP contribution in [0.2, 0.25) is 5.02 Å². The molecule has 2 saturated heterocycles. The first kappa shape index (κ1) is 31.4. The van der Waals surface area contributed by atoms with Crippen molar-refractivity contribution in [2.24, 2.45) is 11.7 Å². The fraction of sp³-hybridized carbons (Fsp3) is 0.517. The Morgan fingerprint density at radius 1 is 1.12 bits per heavy atom. The van der Waals surface area contributed by atoms with Crippen LogP contribution in [0, 0.1) is 5.92 Å². The van der Waals surface area contributed by atoms with Gasteiger partial charge in [0.05, 0.1) is 18.2 Å². The first-order valence-corrected chi connectivity index (χ1v) is 16.1. The highest BCUT2D eigenvalue weighted by Crippen LogP contribution is 2.24. The molecule has 2 fully saturated rings.